The van der Waals surface area contributed by atoms with Gasteiger partial charge in [-0.3, -0.25) is 10.1 Å². The number of carbonyl (C=O) groups is 1. The van der Waals surface area contributed by atoms with Crippen molar-refractivity contribution >= 4 is 17.7 Å². The fraction of sp³-hybridized carbons (Fsp3) is 0.923. The highest BCUT2D eigenvalue weighted by Gasteiger charge is 2.33. The summed E-state index contributed by atoms with van der Waals surface area (Å²) >= 11 is 1.93. The van der Waals surface area contributed by atoms with Crippen LogP contribution in [-0.4, -0.2) is 35.7 Å². The number of hydrogen-bond donors (Lipinski definition) is 1. The van der Waals surface area contributed by atoms with E-state index in [0.29, 0.717) is 5.25 Å². The van der Waals surface area contributed by atoms with Crippen molar-refractivity contribution in [3.05, 3.63) is 0 Å². The molecule has 4 heteroatoms. The summed E-state index contributed by atoms with van der Waals surface area (Å²) in [5, 5.41) is 3.96. The van der Waals surface area contributed by atoms with E-state index in [1.54, 1.807) is 0 Å². The number of nitrogens with one attached hydrogen (secondary N) is 1. The summed E-state index contributed by atoms with van der Waals surface area (Å²) in [6.07, 6.45) is 1.84. The number of esters is 1. The van der Waals surface area contributed by atoms with Crippen LogP contribution >= 0.6 is 11.8 Å². The number of thioether (sulfide) groups is 1. The number of carbonyl (C=O) groups excluding carboxylic acids is 1. The molecule has 0 aliphatic heterocycles. The predicted molar refractivity (Wildman–Crippen MR) is 75.5 cm³/mol. The molecule has 0 saturated carbocycles. The molecule has 1 unspecified atom stereocenters. The first kappa shape index (κ1) is 16.8. The summed E-state index contributed by atoms with van der Waals surface area (Å²) in [4.78, 5) is 11.8. The van der Waals surface area contributed by atoms with E-state index in [1.165, 1.54) is 7.11 Å². The van der Waals surface area contributed by atoms with Crippen molar-refractivity contribution in [3.63, 3.8) is 0 Å². The van der Waals surface area contributed by atoms with Crippen molar-refractivity contribution in [2.24, 2.45) is 0 Å². The summed E-state index contributed by atoms with van der Waals surface area (Å²) in [5.74, 6) is 0.921. The van der Waals surface area contributed by atoms with Crippen LogP contribution in [0.5, 0.6) is 0 Å². The SMILES string of the molecule is COC(=O)C(C)(CCCSC(C)C)NC(C)C. The number of hydrogen-bond acceptors (Lipinski definition) is 4. The Balaban J connectivity index is 4.24. The van der Waals surface area contributed by atoms with Crippen LogP contribution in [0.3, 0.4) is 0 Å². The highest BCUT2D eigenvalue weighted by Crippen LogP contribution is 2.19. The monoisotopic (exact) mass is 261 g/mol. The smallest absolute Gasteiger partial charge is 0.325 e. The lowest BCUT2D eigenvalue weighted by Crippen LogP contribution is -2.53. The fourth-order valence-electron chi connectivity index (χ4n) is 1.84. The van der Waals surface area contributed by atoms with Crippen LogP contribution in [0.2, 0.25) is 0 Å². The third kappa shape index (κ3) is 6.94. The Morgan fingerprint density at radius 1 is 1.35 bits per heavy atom. The first-order chi connectivity index (χ1) is 7.81. The van der Waals surface area contributed by atoms with Gasteiger partial charge < -0.3 is 4.74 Å². The van der Waals surface area contributed by atoms with Gasteiger partial charge in [0.05, 0.1) is 7.11 Å². The Morgan fingerprint density at radius 3 is 2.35 bits per heavy atom. The predicted octanol–water partition coefficient (Wildman–Crippen LogP) is 2.84. The molecule has 0 bridgehead atoms. The quantitative estimate of drug-likeness (QED) is 0.538. The molecule has 3 nitrogen and oxygen atoms in total. The third-order valence-corrected chi connectivity index (χ3v) is 3.71. The summed E-state index contributed by atoms with van der Waals surface area (Å²) in [7, 11) is 1.45. The van der Waals surface area contributed by atoms with Gasteiger partial charge in [-0.25, -0.2) is 0 Å². The minimum atomic E-state index is -0.555. The standard InChI is InChI=1S/C13H27NO2S/c1-10(2)14-13(5,12(15)16-6)8-7-9-17-11(3)4/h10-11,14H,7-9H2,1-6H3. The highest BCUT2D eigenvalue weighted by molar-refractivity contribution is 7.99. The Bertz CT molecular complexity index is 231. The Labute approximate surface area is 110 Å². The minimum Gasteiger partial charge on any atom is -0.468 e. The lowest BCUT2D eigenvalue weighted by atomic mass is 9.95. The van der Waals surface area contributed by atoms with E-state index >= 15 is 0 Å². The lowest BCUT2D eigenvalue weighted by Gasteiger charge is -2.30. The maximum absolute atomic E-state index is 11.8. The van der Waals surface area contributed by atoms with E-state index in [4.69, 9.17) is 4.74 Å². The van der Waals surface area contributed by atoms with Crippen LogP contribution in [0.4, 0.5) is 0 Å². The molecule has 0 spiro atoms. The molecule has 0 saturated heterocycles. The van der Waals surface area contributed by atoms with E-state index in [2.05, 4.69) is 19.2 Å². The molecule has 0 aliphatic carbocycles. The highest BCUT2D eigenvalue weighted by atomic mass is 32.2. The average Bonchev–Trinajstić information content (AvgIpc) is 2.22. The van der Waals surface area contributed by atoms with Crippen LogP contribution in [0.1, 0.15) is 47.5 Å². The second kappa shape index (κ2) is 7.98. The maximum Gasteiger partial charge on any atom is 0.325 e. The van der Waals surface area contributed by atoms with Crippen molar-refractivity contribution in [2.75, 3.05) is 12.9 Å². The molecule has 17 heavy (non-hydrogen) atoms. The van der Waals surface area contributed by atoms with Crippen LogP contribution in [-0.2, 0) is 9.53 Å². The number of methoxy groups -OCH3 is 1. The molecule has 0 radical (unpaired) electrons. The Morgan fingerprint density at radius 2 is 1.94 bits per heavy atom. The zero-order valence-corrected chi connectivity index (χ0v) is 12.8. The Hall–Kier alpha value is -0.220. The second-order valence-electron chi connectivity index (χ2n) is 5.15. The van der Waals surface area contributed by atoms with E-state index in [0.717, 1.165) is 18.6 Å². The number of ether oxygens (including phenoxy) is 1. The van der Waals surface area contributed by atoms with Crippen molar-refractivity contribution < 1.29 is 9.53 Å². The van der Waals surface area contributed by atoms with Crippen molar-refractivity contribution in [1.82, 2.24) is 5.32 Å². The molecule has 1 atom stereocenters. The van der Waals surface area contributed by atoms with Crippen LogP contribution in [0.15, 0.2) is 0 Å². The normalized spacial score (nSPS) is 15.1. The zero-order chi connectivity index (χ0) is 13.5. The molecule has 1 N–H and O–H groups in total. The summed E-state index contributed by atoms with van der Waals surface area (Å²) < 4.78 is 4.89. The van der Waals surface area contributed by atoms with Gasteiger partial charge in [0.2, 0.25) is 0 Å². The molecule has 0 amide bonds. The van der Waals surface area contributed by atoms with Crippen molar-refractivity contribution in [2.45, 2.75) is 64.3 Å². The van der Waals surface area contributed by atoms with Gasteiger partial charge in [-0.15, -0.1) is 0 Å². The van der Waals surface area contributed by atoms with Crippen molar-refractivity contribution in [1.29, 1.82) is 0 Å². The van der Waals surface area contributed by atoms with E-state index in [1.807, 2.05) is 32.5 Å². The van der Waals surface area contributed by atoms with Gasteiger partial charge in [-0.05, 0) is 44.6 Å². The van der Waals surface area contributed by atoms with E-state index in [-0.39, 0.29) is 12.0 Å². The van der Waals surface area contributed by atoms with Gasteiger partial charge in [0.15, 0.2) is 0 Å². The maximum atomic E-state index is 11.8. The molecule has 0 aliphatic rings. The van der Waals surface area contributed by atoms with Gasteiger partial charge >= 0.3 is 5.97 Å². The van der Waals surface area contributed by atoms with E-state index < -0.39 is 5.54 Å². The fourth-order valence-corrected chi connectivity index (χ4v) is 2.62. The number of rotatable bonds is 8. The van der Waals surface area contributed by atoms with Gasteiger partial charge in [0, 0.05) is 6.04 Å². The Kier molecular flexibility index (Phi) is 7.88. The average molecular weight is 261 g/mol. The lowest BCUT2D eigenvalue weighted by molar-refractivity contribution is -0.148. The zero-order valence-electron chi connectivity index (χ0n) is 12.0. The molecule has 102 valence electrons. The van der Waals surface area contributed by atoms with Gasteiger partial charge in [-0.1, -0.05) is 13.8 Å². The van der Waals surface area contributed by atoms with Crippen LogP contribution in [0, 0.1) is 0 Å². The van der Waals surface area contributed by atoms with Crippen LogP contribution < -0.4 is 5.32 Å². The first-order valence-corrected chi connectivity index (χ1v) is 7.34. The summed E-state index contributed by atoms with van der Waals surface area (Å²) in [6, 6.07) is 0.275. The molecular formula is C13H27NO2S. The molecule has 0 aromatic carbocycles. The second-order valence-corrected chi connectivity index (χ2v) is 6.83. The van der Waals surface area contributed by atoms with Gasteiger partial charge in [0.25, 0.3) is 0 Å². The van der Waals surface area contributed by atoms with E-state index in [9.17, 15) is 4.79 Å². The molecule has 0 heterocycles. The first-order valence-electron chi connectivity index (χ1n) is 6.29. The largest absolute Gasteiger partial charge is 0.468 e. The summed E-state index contributed by atoms with van der Waals surface area (Å²) in [6.45, 7) is 10.4. The third-order valence-electron chi connectivity index (χ3n) is 2.52. The summed E-state index contributed by atoms with van der Waals surface area (Å²) in [5.41, 5.74) is -0.555. The topological polar surface area (TPSA) is 38.3 Å². The van der Waals surface area contributed by atoms with Gasteiger partial charge in [0.1, 0.15) is 5.54 Å². The molecule has 0 aromatic heterocycles. The molecule has 0 rings (SSSR count). The molecular weight excluding hydrogens is 234 g/mol. The molecule has 0 aromatic rings. The minimum absolute atomic E-state index is 0.166. The van der Waals surface area contributed by atoms with Gasteiger partial charge in [-0.2, -0.15) is 11.8 Å². The van der Waals surface area contributed by atoms with Crippen LogP contribution in [0.25, 0.3) is 0 Å². The van der Waals surface area contributed by atoms with Crippen molar-refractivity contribution in [3.8, 4) is 0 Å². The molecule has 0 fully saturated rings.